The van der Waals surface area contributed by atoms with Crippen molar-refractivity contribution in [2.75, 3.05) is 18.4 Å². The largest absolute Gasteiger partial charge is 0.345 e. The van der Waals surface area contributed by atoms with Crippen LogP contribution in [-0.2, 0) is 17.1 Å². The molecule has 0 spiro atoms. The number of sulfonamides is 1. The van der Waals surface area contributed by atoms with Gasteiger partial charge in [0.2, 0.25) is 10.0 Å². The highest BCUT2D eigenvalue weighted by molar-refractivity contribution is 7.89. The minimum absolute atomic E-state index is 0.150. The van der Waals surface area contributed by atoms with Crippen LogP contribution in [0.15, 0.2) is 46.8 Å². The number of rotatable bonds is 5. The average Bonchev–Trinajstić information content (AvgIpc) is 3.36. The number of anilines is 1. The third kappa shape index (κ3) is 4.05. The molecule has 4 rings (SSSR count). The van der Waals surface area contributed by atoms with Crippen molar-refractivity contribution in [1.82, 2.24) is 13.9 Å². The zero-order valence-electron chi connectivity index (χ0n) is 17.0. The van der Waals surface area contributed by atoms with E-state index in [9.17, 15) is 13.2 Å². The maximum absolute atomic E-state index is 12.9. The van der Waals surface area contributed by atoms with E-state index in [0.29, 0.717) is 18.2 Å². The molecule has 0 bridgehead atoms. The third-order valence-electron chi connectivity index (χ3n) is 5.31. The number of hydrogen-bond acceptors (Lipinski definition) is 5. The van der Waals surface area contributed by atoms with E-state index in [1.54, 1.807) is 11.6 Å². The summed E-state index contributed by atoms with van der Waals surface area (Å²) in [5, 5.41) is 5.16. The summed E-state index contributed by atoms with van der Waals surface area (Å²) in [7, 11) is -1.92. The molecule has 1 aliphatic rings. The first kappa shape index (κ1) is 20.8. The normalized spacial score (nSPS) is 15.3. The highest BCUT2D eigenvalue weighted by Crippen LogP contribution is 2.28. The van der Waals surface area contributed by atoms with Crippen LogP contribution in [0.5, 0.6) is 0 Å². The molecule has 0 atom stereocenters. The Balaban J connectivity index is 1.53. The van der Waals surface area contributed by atoms with Gasteiger partial charge in [0.25, 0.3) is 5.91 Å². The lowest BCUT2D eigenvalue weighted by atomic mass is 10.1. The Morgan fingerprint density at radius 3 is 2.63 bits per heavy atom. The fraction of sp³-hybridized carbons (Fsp3) is 0.333. The highest BCUT2D eigenvalue weighted by Gasteiger charge is 2.28. The first-order chi connectivity index (χ1) is 14.4. The van der Waals surface area contributed by atoms with Gasteiger partial charge in [0.15, 0.2) is 5.13 Å². The van der Waals surface area contributed by atoms with Crippen molar-refractivity contribution in [2.45, 2.75) is 31.1 Å². The smallest absolute Gasteiger partial charge is 0.274 e. The predicted octanol–water partition coefficient (Wildman–Crippen LogP) is 3.88. The van der Waals surface area contributed by atoms with Gasteiger partial charge in [-0.3, -0.25) is 10.1 Å². The molecule has 0 unspecified atom stereocenters. The molecule has 0 aliphatic carbocycles. The fourth-order valence-corrected chi connectivity index (χ4v) is 5.93. The maximum atomic E-state index is 12.9. The average molecular weight is 445 g/mol. The van der Waals surface area contributed by atoms with Crippen molar-refractivity contribution in [1.29, 1.82) is 0 Å². The Kier molecular flexibility index (Phi) is 5.77. The zero-order chi connectivity index (χ0) is 21.3. The summed E-state index contributed by atoms with van der Waals surface area (Å²) in [4.78, 5) is 17.5. The number of carbonyl (C=O) groups is 1. The molecular weight excluding hydrogens is 420 g/mol. The van der Waals surface area contributed by atoms with Gasteiger partial charge in [0.1, 0.15) is 10.6 Å². The summed E-state index contributed by atoms with van der Waals surface area (Å²) in [5.41, 5.74) is 3.20. The Morgan fingerprint density at radius 2 is 1.90 bits per heavy atom. The molecule has 9 heteroatoms. The number of aryl methyl sites for hydroxylation is 2. The molecule has 158 valence electrons. The monoisotopic (exact) mass is 444 g/mol. The van der Waals surface area contributed by atoms with E-state index >= 15 is 0 Å². The fourth-order valence-electron chi connectivity index (χ4n) is 3.63. The molecule has 1 aromatic carbocycles. The second-order valence-corrected chi connectivity index (χ2v) is 10.2. The molecule has 1 saturated heterocycles. The minimum Gasteiger partial charge on any atom is -0.345 e. The SMILES string of the molecule is Cc1ccccc1-c1csc(NC(=O)c2cc(S(=O)(=O)N3CCCCC3)cn2C)n1. The van der Waals surface area contributed by atoms with Crippen LogP contribution in [0.25, 0.3) is 11.3 Å². The number of carbonyl (C=O) groups excluding carboxylic acids is 1. The number of nitrogens with one attached hydrogen (secondary N) is 1. The van der Waals surface area contributed by atoms with Crippen LogP contribution < -0.4 is 5.32 Å². The molecule has 1 amide bonds. The lowest BCUT2D eigenvalue weighted by Gasteiger charge is -2.25. The van der Waals surface area contributed by atoms with Crippen LogP contribution in [0.1, 0.15) is 35.3 Å². The number of nitrogens with zero attached hydrogens (tertiary/aromatic N) is 3. The second-order valence-electron chi connectivity index (χ2n) is 7.44. The van der Waals surface area contributed by atoms with Crippen LogP contribution in [0.3, 0.4) is 0 Å². The van der Waals surface area contributed by atoms with E-state index in [1.807, 2.05) is 36.6 Å². The van der Waals surface area contributed by atoms with Crippen molar-refractivity contribution in [3.05, 3.63) is 53.2 Å². The van der Waals surface area contributed by atoms with Gasteiger partial charge in [0, 0.05) is 37.3 Å². The van der Waals surface area contributed by atoms with Gasteiger partial charge >= 0.3 is 0 Å². The maximum Gasteiger partial charge on any atom is 0.274 e. The van der Waals surface area contributed by atoms with E-state index in [0.717, 1.165) is 36.1 Å². The Bertz CT molecular complexity index is 1170. The molecule has 7 nitrogen and oxygen atoms in total. The number of piperidine rings is 1. The molecule has 3 aromatic rings. The molecule has 2 aromatic heterocycles. The Hall–Kier alpha value is -2.49. The van der Waals surface area contributed by atoms with Crippen LogP contribution in [0, 0.1) is 6.92 Å². The predicted molar refractivity (Wildman–Crippen MR) is 118 cm³/mol. The van der Waals surface area contributed by atoms with Crippen LogP contribution in [0.2, 0.25) is 0 Å². The standard InChI is InChI=1S/C21H24N4O3S2/c1-15-8-4-5-9-17(15)18-14-29-21(22-18)23-20(26)19-12-16(13-24(19)2)30(27,28)25-10-6-3-7-11-25/h4-5,8-9,12-14H,3,6-7,10-11H2,1-2H3,(H,22,23,26). The van der Waals surface area contributed by atoms with Crippen molar-refractivity contribution in [3.63, 3.8) is 0 Å². The summed E-state index contributed by atoms with van der Waals surface area (Å²) in [5.74, 6) is -0.386. The summed E-state index contributed by atoms with van der Waals surface area (Å²) in [6.45, 7) is 3.07. The molecular formula is C21H24N4O3S2. The molecule has 30 heavy (non-hydrogen) atoms. The minimum atomic E-state index is -3.59. The van der Waals surface area contributed by atoms with E-state index in [1.165, 1.54) is 27.9 Å². The van der Waals surface area contributed by atoms with Crippen molar-refractivity contribution in [3.8, 4) is 11.3 Å². The molecule has 3 heterocycles. The second kappa shape index (κ2) is 8.33. The van der Waals surface area contributed by atoms with Crippen LogP contribution >= 0.6 is 11.3 Å². The molecule has 1 aliphatic heterocycles. The first-order valence-corrected chi connectivity index (χ1v) is 12.2. The van der Waals surface area contributed by atoms with E-state index < -0.39 is 10.0 Å². The van der Waals surface area contributed by atoms with Gasteiger partial charge in [-0.2, -0.15) is 4.31 Å². The Labute approximate surface area is 180 Å². The summed E-state index contributed by atoms with van der Waals surface area (Å²) >= 11 is 1.34. The number of thiazole rings is 1. The lowest BCUT2D eigenvalue weighted by Crippen LogP contribution is -2.35. The van der Waals surface area contributed by atoms with E-state index in [2.05, 4.69) is 10.3 Å². The third-order valence-corrected chi connectivity index (χ3v) is 7.93. The van der Waals surface area contributed by atoms with E-state index in [-0.39, 0.29) is 16.5 Å². The summed E-state index contributed by atoms with van der Waals surface area (Å²) in [6.07, 6.45) is 4.28. The lowest BCUT2D eigenvalue weighted by molar-refractivity contribution is 0.101. The molecule has 0 saturated carbocycles. The van der Waals surface area contributed by atoms with Gasteiger partial charge in [0.05, 0.1) is 5.69 Å². The number of aromatic nitrogens is 2. The Morgan fingerprint density at radius 1 is 1.17 bits per heavy atom. The van der Waals surface area contributed by atoms with E-state index in [4.69, 9.17) is 0 Å². The number of benzene rings is 1. The van der Waals surface area contributed by atoms with Crippen LogP contribution in [-0.4, -0.2) is 41.3 Å². The molecule has 0 radical (unpaired) electrons. The van der Waals surface area contributed by atoms with Gasteiger partial charge in [-0.15, -0.1) is 11.3 Å². The first-order valence-electron chi connectivity index (χ1n) is 9.85. The topological polar surface area (TPSA) is 84.3 Å². The molecule has 1 fully saturated rings. The van der Waals surface area contributed by atoms with Crippen molar-refractivity contribution < 1.29 is 13.2 Å². The van der Waals surface area contributed by atoms with Crippen molar-refractivity contribution in [2.24, 2.45) is 7.05 Å². The van der Waals surface area contributed by atoms with Gasteiger partial charge in [-0.05, 0) is 31.4 Å². The summed E-state index contributed by atoms with van der Waals surface area (Å²) in [6, 6.07) is 9.37. The van der Waals surface area contributed by atoms with Gasteiger partial charge in [-0.1, -0.05) is 30.7 Å². The number of amides is 1. The quantitative estimate of drug-likeness (QED) is 0.647. The van der Waals surface area contributed by atoms with Gasteiger partial charge < -0.3 is 4.57 Å². The van der Waals surface area contributed by atoms with Crippen LogP contribution in [0.4, 0.5) is 5.13 Å². The zero-order valence-corrected chi connectivity index (χ0v) is 18.6. The van der Waals surface area contributed by atoms with Gasteiger partial charge in [-0.25, -0.2) is 13.4 Å². The number of hydrogen-bond donors (Lipinski definition) is 1. The molecule has 1 N–H and O–H groups in total. The summed E-state index contributed by atoms with van der Waals surface area (Å²) < 4.78 is 28.8. The van der Waals surface area contributed by atoms with Crippen molar-refractivity contribution >= 4 is 32.4 Å². The highest BCUT2D eigenvalue weighted by atomic mass is 32.2.